The highest BCUT2D eigenvalue weighted by Crippen LogP contribution is 2.40. The summed E-state index contributed by atoms with van der Waals surface area (Å²) in [6.45, 7) is -3.77. The van der Waals surface area contributed by atoms with E-state index in [1.807, 2.05) is 0 Å². The van der Waals surface area contributed by atoms with Gasteiger partial charge in [0.25, 0.3) is 0 Å². The summed E-state index contributed by atoms with van der Waals surface area (Å²) in [5, 5.41) is 304. The molecule has 1 unspecified atom stereocenters. The number of carbonyl (C=O) groups is 5. The molecule has 10 aliphatic rings. The quantitative estimate of drug-likeness (QED) is 0.0297. The van der Waals surface area contributed by atoms with Crippen molar-refractivity contribution in [1.29, 1.82) is 0 Å². The number of aliphatic hydroxyl groups excluding tert-OH is 26. The number of nitrogens with one attached hydrogen (secondary N) is 5. The summed E-state index contributed by atoms with van der Waals surface area (Å²) in [4.78, 5) is 63.9. The van der Waals surface area contributed by atoms with Gasteiger partial charge in [-0.25, -0.2) is 0 Å². The van der Waals surface area contributed by atoms with Crippen LogP contribution >= 0.6 is 0 Å². The average Bonchev–Trinajstić information content (AvgIpc) is 0.769. The fourth-order valence-electron chi connectivity index (χ4n) is 16.1. The Morgan fingerprint density at radius 2 is 0.496 bits per heavy atom. The van der Waals surface area contributed by atoms with Crippen LogP contribution in [0.25, 0.3) is 0 Å². The third-order valence-electron chi connectivity index (χ3n) is 22.8. The van der Waals surface area contributed by atoms with Gasteiger partial charge in [0.05, 0.1) is 65.6 Å². The van der Waals surface area contributed by atoms with Gasteiger partial charge in [0.2, 0.25) is 29.5 Å². The summed E-state index contributed by atoms with van der Waals surface area (Å²) in [6, 6.07) is -9.25. The van der Waals surface area contributed by atoms with Crippen LogP contribution in [-0.4, -0.2) is 529 Å². The van der Waals surface area contributed by atoms with Gasteiger partial charge >= 0.3 is 0 Å². The minimum Gasteiger partial charge on any atom is -0.394 e. The lowest BCUT2D eigenvalue weighted by Gasteiger charge is -2.51. The molecule has 55 heteroatoms. The molecule has 10 aliphatic heterocycles. The van der Waals surface area contributed by atoms with Gasteiger partial charge in [-0.1, -0.05) is 0 Å². The minimum atomic E-state index is -2.62. The van der Waals surface area contributed by atoms with E-state index in [2.05, 4.69) is 26.6 Å². The molecule has 10 heterocycles. The average molecular weight is 1830 g/mol. The zero-order chi connectivity index (χ0) is 92.1. The van der Waals surface area contributed by atoms with Crippen molar-refractivity contribution in [2.45, 2.75) is 348 Å². The summed E-state index contributed by atoms with van der Waals surface area (Å²) < 4.78 is 114. The monoisotopic (exact) mass is 1830 g/mol. The Morgan fingerprint density at radius 1 is 0.224 bits per heavy atom. The Balaban J connectivity index is 1.02. The molecule has 0 aliphatic carbocycles. The maximum atomic E-state index is 13.2. The normalized spacial score (nSPS) is 48.7. The zero-order valence-corrected chi connectivity index (χ0v) is 67.7. The first-order valence-corrected chi connectivity index (χ1v) is 40.0. The van der Waals surface area contributed by atoms with Gasteiger partial charge < -0.3 is 249 Å². The second kappa shape index (κ2) is 44.9. The third-order valence-corrected chi connectivity index (χ3v) is 22.8. The van der Waals surface area contributed by atoms with Crippen LogP contribution < -0.4 is 26.6 Å². The Kier molecular flexibility index (Phi) is 36.8. The van der Waals surface area contributed by atoms with Crippen LogP contribution in [0.1, 0.15) is 41.5 Å². The molecule has 0 spiro atoms. The van der Waals surface area contributed by atoms with Gasteiger partial charge in [0.1, 0.15) is 238 Å². The largest absolute Gasteiger partial charge is 0.394 e. The Bertz CT molecular complexity index is 3420. The van der Waals surface area contributed by atoms with Crippen LogP contribution in [0.4, 0.5) is 0 Å². The van der Waals surface area contributed by atoms with Crippen molar-refractivity contribution >= 4 is 29.5 Å². The number of aliphatic hydroxyl groups is 26. The van der Waals surface area contributed by atoms with E-state index >= 15 is 0 Å². The highest BCUT2D eigenvalue weighted by molar-refractivity contribution is 5.75. The van der Waals surface area contributed by atoms with Gasteiger partial charge in [0.15, 0.2) is 62.9 Å². The lowest BCUT2D eigenvalue weighted by Crippen LogP contribution is -2.70. The summed E-state index contributed by atoms with van der Waals surface area (Å²) in [7, 11) is 0. The van der Waals surface area contributed by atoms with E-state index in [0.29, 0.717) is 0 Å². The third kappa shape index (κ3) is 23.3. The van der Waals surface area contributed by atoms with Crippen LogP contribution in [0.5, 0.6) is 0 Å². The molecule has 0 radical (unpaired) electrons. The van der Waals surface area contributed by atoms with Crippen molar-refractivity contribution in [1.82, 2.24) is 26.6 Å². The Morgan fingerprint density at radius 3 is 0.952 bits per heavy atom. The molecule has 10 saturated heterocycles. The predicted octanol–water partition coefficient (Wildman–Crippen LogP) is -21.1. The number of ether oxygens (including phenoxy) is 19. The fraction of sp³-hybridized carbons (Fsp3) is 0.929. The molecule has 722 valence electrons. The molecule has 5 amide bonds. The first-order valence-electron chi connectivity index (χ1n) is 40.0. The Hall–Kier alpha value is -4.45. The molecule has 0 aromatic carbocycles. The lowest BCUT2D eigenvalue weighted by molar-refractivity contribution is -0.397. The minimum absolute atomic E-state index is 0.804. The van der Waals surface area contributed by atoms with E-state index in [9.17, 15) is 157 Å². The van der Waals surface area contributed by atoms with Crippen LogP contribution in [0.3, 0.4) is 0 Å². The number of amides is 5. The molecule has 125 heavy (non-hydrogen) atoms. The van der Waals surface area contributed by atoms with Gasteiger partial charge in [-0.05, 0) is 6.92 Å². The molecule has 0 aromatic heterocycles. The molecule has 0 saturated carbocycles. The smallest absolute Gasteiger partial charge is 0.217 e. The second-order valence-corrected chi connectivity index (χ2v) is 31.8. The van der Waals surface area contributed by atoms with E-state index in [0.717, 1.165) is 34.6 Å². The van der Waals surface area contributed by atoms with Crippen molar-refractivity contribution < 1.29 is 247 Å². The van der Waals surface area contributed by atoms with Crippen LogP contribution in [-0.2, 0) is 114 Å². The summed E-state index contributed by atoms with van der Waals surface area (Å²) >= 11 is 0. The first-order chi connectivity index (χ1) is 59.0. The molecule has 10 rings (SSSR count). The van der Waals surface area contributed by atoms with Gasteiger partial charge in [0, 0.05) is 34.6 Å². The SMILES string of the molecule is CC(=O)N[C@H]1[C@H](O[C@H]2[C@H](O)[C@@H](NC(C)=O)C(O)O[C@@H]2CO)O[C@H](CO)[C@@H](O[C@@H]2O[C@H](CO[C@H]3O[C@H](CO[C@@H]4O[C@H](CO[C@@H]5O[C@@H](C)[C@@H](O)[C@@H](O)[C@@H]5O)[C@@H](O)[C@H](O)[C@H]4NC(C)=O)[C@@H](O)[C@H](O)[C@@H]3O[C@@H]3O[C@H](CO)[C@@H](O[C@@H]4O[C@H](CO)[C@H](O)[C@H](O)[C@H]4O)[C@H](O)[C@H]3NC(C)=O)[C@@H](O)[C@H](O[C@H]3O[C@H](CO)[C@@H](O)[C@H](O)[C@@H]3O[C@@H]3O[C@H](CO)[C@@H](O)[C@H](O)[C@H]3NC(C)=O)[C@@H]2O)[C@@H]1O. The van der Waals surface area contributed by atoms with Crippen molar-refractivity contribution in [3.8, 4) is 0 Å². The number of rotatable bonds is 32. The molecule has 55 nitrogen and oxygen atoms in total. The first kappa shape index (κ1) is 103. The maximum absolute atomic E-state index is 13.2. The van der Waals surface area contributed by atoms with Crippen LogP contribution in [0, 0.1) is 0 Å². The van der Waals surface area contributed by atoms with E-state index in [1.165, 1.54) is 6.92 Å². The number of carbonyl (C=O) groups excluding carboxylic acids is 5. The molecule has 10 fully saturated rings. The van der Waals surface area contributed by atoms with Crippen LogP contribution in [0.15, 0.2) is 0 Å². The van der Waals surface area contributed by atoms with E-state index in [1.54, 1.807) is 0 Å². The topological polar surface area (TPSA) is 847 Å². The van der Waals surface area contributed by atoms with Crippen molar-refractivity contribution in [3.63, 3.8) is 0 Å². The molecular weight excluding hydrogens is 1710 g/mol. The van der Waals surface area contributed by atoms with Crippen molar-refractivity contribution in [2.75, 3.05) is 59.5 Å². The van der Waals surface area contributed by atoms with E-state index in [4.69, 9.17) is 90.0 Å². The zero-order valence-electron chi connectivity index (χ0n) is 67.7. The van der Waals surface area contributed by atoms with Crippen molar-refractivity contribution in [2.24, 2.45) is 0 Å². The fourth-order valence-corrected chi connectivity index (χ4v) is 16.1. The maximum Gasteiger partial charge on any atom is 0.217 e. The predicted molar refractivity (Wildman–Crippen MR) is 386 cm³/mol. The molecular formula is C70H117N5O50. The van der Waals surface area contributed by atoms with Crippen LogP contribution in [0.2, 0.25) is 0 Å². The van der Waals surface area contributed by atoms with Gasteiger partial charge in [-0.2, -0.15) is 0 Å². The summed E-state index contributed by atoms with van der Waals surface area (Å²) in [6.07, 6.45) is -93.4. The molecule has 31 N–H and O–H groups in total. The second-order valence-electron chi connectivity index (χ2n) is 31.8. The highest BCUT2D eigenvalue weighted by Gasteiger charge is 2.61. The lowest BCUT2D eigenvalue weighted by atomic mass is 9.93. The highest BCUT2D eigenvalue weighted by atomic mass is 16.8. The van der Waals surface area contributed by atoms with Gasteiger partial charge in [-0.3, -0.25) is 24.0 Å². The van der Waals surface area contributed by atoms with Crippen molar-refractivity contribution in [3.05, 3.63) is 0 Å². The summed E-state index contributed by atoms with van der Waals surface area (Å²) in [5.74, 6) is -4.54. The van der Waals surface area contributed by atoms with E-state index < -0.39 is 396 Å². The molecule has 0 bridgehead atoms. The Labute approximate surface area is 708 Å². The molecule has 0 aromatic rings. The standard InChI is InChI=1S/C70H117N5O50/c1-16-36(87)48(99)52(103)66(110-16)108-14-28-40(91)43(94)32(72-18(3)83)62(117-28)107-13-29-41(92)51(102)59(124-65-35(75-21(6)86)47(98)56(26(11-80)116-65)121-67-53(104)49(100)38(89)23(8-77)113-67)69(119-29)109-15-30-42(93)58(123-70-60(50(101)39(90)24(9-78)114-70)125-63-33(73-19(4)84)44(95)37(88)22(7-76)112-63)54(105)68(118-30)122-57-27(12-81)115-64(34(46(57)97)74-20(5)85)120-55-25(10-79)111-61(106)31(45(55)96)71-17(2)82/h16,22-70,76-81,87-106H,7-15H2,1-6H3,(H,71,82)(H,72,83)(H,73,84)(H,74,85)(H,75,86)/t16-,22+,23+,24+,25+,26+,27+,28+,29+,30+,31+,32+,33+,34+,35+,36+,37+,38-,39+,40+,41+,42+,43+,44+,45+,46+,47+,48+,49-,50-,51-,52-,53+,54-,55+,56+,57+,58-,59-,60-,61?,62+,63-,64-,65-,66+,67-,68-,69-,70+/m0/s1. The summed E-state index contributed by atoms with van der Waals surface area (Å²) in [5.41, 5.74) is 0. The number of hydrogen-bond donors (Lipinski definition) is 31. The van der Waals surface area contributed by atoms with E-state index in [-0.39, 0.29) is 0 Å². The van der Waals surface area contributed by atoms with Gasteiger partial charge in [-0.15, -0.1) is 0 Å². The number of hydrogen-bond acceptors (Lipinski definition) is 50. The molecule has 50 atom stereocenters.